The fraction of sp³-hybridized carbons (Fsp3) is 0.500. The molecule has 2 unspecified atom stereocenters. The molecule has 1 aromatic carbocycles. The second-order valence-electron chi connectivity index (χ2n) is 4.42. The van der Waals surface area contributed by atoms with E-state index in [0.29, 0.717) is 18.5 Å². The minimum atomic E-state index is -0.572. The van der Waals surface area contributed by atoms with Gasteiger partial charge in [-0.2, -0.15) is 0 Å². The second-order valence-corrected chi connectivity index (χ2v) is 4.80. The molecule has 4 heteroatoms. The van der Waals surface area contributed by atoms with E-state index < -0.39 is 17.3 Å². The van der Waals surface area contributed by atoms with E-state index in [9.17, 15) is 9.50 Å². The molecule has 3 N–H and O–H groups in total. The summed E-state index contributed by atoms with van der Waals surface area (Å²) in [6.07, 6.45) is -0.116. The topological polar surface area (TPSA) is 46.2 Å². The Morgan fingerprint density at radius 3 is 2.69 bits per heavy atom. The van der Waals surface area contributed by atoms with Crippen molar-refractivity contribution in [2.75, 3.05) is 6.54 Å². The van der Waals surface area contributed by atoms with Crippen LogP contribution >= 0.6 is 11.6 Å². The van der Waals surface area contributed by atoms with E-state index in [1.165, 1.54) is 6.07 Å². The van der Waals surface area contributed by atoms with Gasteiger partial charge in [0.05, 0.1) is 11.1 Å². The quantitative estimate of drug-likeness (QED) is 0.856. The lowest BCUT2D eigenvalue weighted by atomic mass is 9.79. The zero-order valence-corrected chi connectivity index (χ0v) is 10.3. The predicted molar refractivity (Wildman–Crippen MR) is 64.0 cm³/mol. The molecule has 16 heavy (non-hydrogen) atoms. The third-order valence-electron chi connectivity index (χ3n) is 3.10. The number of aliphatic hydroxyl groups excluding tert-OH is 1. The van der Waals surface area contributed by atoms with Gasteiger partial charge < -0.3 is 10.8 Å². The van der Waals surface area contributed by atoms with Crippen molar-refractivity contribution in [2.45, 2.75) is 26.4 Å². The van der Waals surface area contributed by atoms with Crippen molar-refractivity contribution in [1.82, 2.24) is 0 Å². The van der Waals surface area contributed by atoms with Crippen LogP contribution in [0.2, 0.25) is 5.02 Å². The first-order valence-electron chi connectivity index (χ1n) is 5.22. The first-order chi connectivity index (χ1) is 7.40. The van der Waals surface area contributed by atoms with Crippen LogP contribution in [0.15, 0.2) is 18.2 Å². The van der Waals surface area contributed by atoms with Gasteiger partial charge in [-0.05, 0) is 25.0 Å². The van der Waals surface area contributed by atoms with Gasteiger partial charge in [0, 0.05) is 12.0 Å². The standard InChI is InChI=1S/C12H17ClFNO/c1-8(16)12(2,7-15)6-9-4-3-5-10(14)11(9)13/h3-5,8,16H,6-7,15H2,1-2H3. The number of hydrogen-bond donors (Lipinski definition) is 2. The lowest BCUT2D eigenvalue weighted by Gasteiger charge is -2.31. The summed E-state index contributed by atoms with van der Waals surface area (Å²) in [5, 5.41) is 9.79. The van der Waals surface area contributed by atoms with Crippen LogP contribution in [-0.4, -0.2) is 17.8 Å². The van der Waals surface area contributed by atoms with E-state index in [1.807, 2.05) is 6.92 Å². The molecule has 0 amide bonds. The molecule has 0 fully saturated rings. The molecule has 1 aromatic rings. The summed E-state index contributed by atoms with van der Waals surface area (Å²) in [5.41, 5.74) is 5.83. The van der Waals surface area contributed by atoms with E-state index in [-0.39, 0.29) is 5.02 Å². The highest BCUT2D eigenvalue weighted by Gasteiger charge is 2.29. The fourth-order valence-corrected chi connectivity index (χ4v) is 1.70. The van der Waals surface area contributed by atoms with Crippen LogP contribution in [0.5, 0.6) is 0 Å². The second kappa shape index (κ2) is 5.13. The van der Waals surface area contributed by atoms with Crippen molar-refractivity contribution in [3.63, 3.8) is 0 Å². The van der Waals surface area contributed by atoms with Gasteiger partial charge in [0.15, 0.2) is 0 Å². The molecule has 90 valence electrons. The summed E-state index contributed by atoms with van der Waals surface area (Å²) in [7, 11) is 0. The molecule has 0 heterocycles. The third kappa shape index (κ3) is 2.73. The molecule has 0 saturated carbocycles. The molecular weight excluding hydrogens is 229 g/mol. The molecular formula is C12H17ClFNO. The average molecular weight is 246 g/mol. The monoisotopic (exact) mass is 245 g/mol. The Kier molecular flexibility index (Phi) is 4.30. The number of benzene rings is 1. The van der Waals surface area contributed by atoms with Gasteiger partial charge in [0.1, 0.15) is 5.82 Å². The number of rotatable bonds is 4. The summed E-state index contributed by atoms with van der Waals surface area (Å²) < 4.78 is 13.2. The minimum absolute atomic E-state index is 0.114. The van der Waals surface area contributed by atoms with Crippen molar-refractivity contribution in [3.8, 4) is 0 Å². The highest BCUT2D eigenvalue weighted by Crippen LogP contribution is 2.30. The third-order valence-corrected chi connectivity index (χ3v) is 3.52. The Hall–Kier alpha value is -0.640. The Morgan fingerprint density at radius 1 is 1.56 bits per heavy atom. The molecule has 0 aliphatic rings. The maximum absolute atomic E-state index is 13.2. The predicted octanol–water partition coefficient (Wildman–Crippen LogP) is 2.37. The van der Waals surface area contributed by atoms with Gasteiger partial charge in [-0.1, -0.05) is 30.7 Å². The SMILES string of the molecule is CC(O)C(C)(CN)Cc1cccc(F)c1Cl. The van der Waals surface area contributed by atoms with Gasteiger partial charge in [-0.15, -0.1) is 0 Å². The lowest BCUT2D eigenvalue weighted by molar-refractivity contribution is 0.0588. The summed E-state index contributed by atoms with van der Waals surface area (Å²) >= 11 is 5.86. The number of nitrogens with two attached hydrogens (primary N) is 1. The molecule has 2 nitrogen and oxygen atoms in total. The molecule has 1 rings (SSSR count). The Balaban J connectivity index is 2.99. The Bertz CT molecular complexity index is 370. The van der Waals surface area contributed by atoms with Crippen LogP contribution in [-0.2, 0) is 6.42 Å². The maximum atomic E-state index is 13.2. The smallest absolute Gasteiger partial charge is 0.142 e. The Labute approximate surface area is 100 Å². The molecule has 0 radical (unpaired) electrons. The van der Waals surface area contributed by atoms with Crippen LogP contribution < -0.4 is 5.73 Å². The van der Waals surface area contributed by atoms with Crippen molar-refractivity contribution < 1.29 is 9.50 Å². The summed E-state index contributed by atoms with van der Waals surface area (Å²) in [5.74, 6) is -0.441. The summed E-state index contributed by atoms with van der Waals surface area (Å²) in [6.45, 7) is 3.86. The molecule has 2 atom stereocenters. The van der Waals surface area contributed by atoms with Crippen LogP contribution in [0.4, 0.5) is 4.39 Å². The van der Waals surface area contributed by atoms with E-state index in [0.717, 1.165) is 0 Å². The van der Waals surface area contributed by atoms with Crippen molar-refractivity contribution in [1.29, 1.82) is 0 Å². The highest BCUT2D eigenvalue weighted by atomic mass is 35.5. The average Bonchev–Trinajstić information content (AvgIpc) is 2.24. The van der Waals surface area contributed by atoms with Crippen LogP contribution in [0.1, 0.15) is 19.4 Å². The number of hydrogen-bond acceptors (Lipinski definition) is 2. The van der Waals surface area contributed by atoms with Gasteiger partial charge in [0.25, 0.3) is 0 Å². The number of aliphatic hydroxyl groups is 1. The van der Waals surface area contributed by atoms with E-state index in [1.54, 1.807) is 19.1 Å². The molecule has 0 aliphatic heterocycles. The van der Waals surface area contributed by atoms with Gasteiger partial charge in [-0.25, -0.2) is 4.39 Å². The van der Waals surface area contributed by atoms with Crippen molar-refractivity contribution >= 4 is 11.6 Å². The van der Waals surface area contributed by atoms with Gasteiger partial charge >= 0.3 is 0 Å². The fourth-order valence-electron chi connectivity index (χ4n) is 1.51. The van der Waals surface area contributed by atoms with Crippen LogP contribution in [0.3, 0.4) is 0 Å². The lowest BCUT2D eigenvalue weighted by Crippen LogP contribution is -2.39. The minimum Gasteiger partial charge on any atom is -0.393 e. The normalized spacial score (nSPS) is 16.9. The van der Waals surface area contributed by atoms with Gasteiger partial charge in [-0.3, -0.25) is 0 Å². The summed E-state index contributed by atoms with van der Waals surface area (Å²) in [6, 6.07) is 4.67. The highest BCUT2D eigenvalue weighted by molar-refractivity contribution is 6.31. The summed E-state index contributed by atoms with van der Waals surface area (Å²) in [4.78, 5) is 0. The zero-order chi connectivity index (χ0) is 12.3. The van der Waals surface area contributed by atoms with Crippen LogP contribution in [0.25, 0.3) is 0 Å². The zero-order valence-electron chi connectivity index (χ0n) is 9.50. The van der Waals surface area contributed by atoms with E-state index in [4.69, 9.17) is 17.3 Å². The van der Waals surface area contributed by atoms with Crippen molar-refractivity contribution in [2.24, 2.45) is 11.1 Å². The molecule has 0 spiro atoms. The molecule has 0 bridgehead atoms. The van der Waals surface area contributed by atoms with E-state index >= 15 is 0 Å². The largest absolute Gasteiger partial charge is 0.393 e. The molecule has 0 aromatic heterocycles. The Morgan fingerprint density at radius 2 is 2.19 bits per heavy atom. The van der Waals surface area contributed by atoms with Crippen LogP contribution in [0, 0.1) is 11.2 Å². The number of halogens is 2. The molecule has 0 aliphatic carbocycles. The first-order valence-corrected chi connectivity index (χ1v) is 5.59. The van der Waals surface area contributed by atoms with Gasteiger partial charge in [0.2, 0.25) is 0 Å². The molecule has 0 saturated heterocycles. The first kappa shape index (κ1) is 13.4. The maximum Gasteiger partial charge on any atom is 0.142 e. The van der Waals surface area contributed by atoms with Crippen molar-refractivity contribution in [3.05, 3.63) is 34.6 Å². The van der Waals surface area contributed by atoms with E-state index in [2.05, 4.69) is 0 Å².